The quantitative estimate of drug-likeness (QED) is 0.680. The zero-order valence-corrected chi connectivity index (χ0v) is 14.1. The van der Waals surface area contributed by atoms with E-state index in [1.54, 1.807) is 0 Å². The van der Waals surface area contributed by atoms with Crippen LogP contribution < -0.4 is 5.32 Å². The lowest BCUT2D eigenvalue weighted by Crippen LogP contribution is -2.31. The van der Waals surface area contributed by atoms with E-state index in [-0.39, 0.29) is 0 Å². The lowest BCUT2D eigenvalue weighted by Gasteiger charge is -2.23. The van der Waals surface area contributed by atoms with E-state index in [1.807, 2.05) is 0 Å². The number of halogens is 2. The molecule has 3 heteroatoms. The maximum Gasteiger partial charge on any atom is 0.0305 e. The minimum absolute atomic E-state index is 0.413. The van der Waals surface area contributed by atoms with Gasteiger partial charge in [-0.15, -0.1) is 0 Å². The minimum atomic E-state index is 0.413. The van der Waals surface area contributed by atoms with Crippen molar-refractivity contribution < 1.29 is 0 Å². The maximum absolute atomic E-state index is 3.79. The summed E-state index contributed by atoms with van der Waals surface area (Å²) in [5.41, 5.74) is 1.35. The number of hydrogen-bond acceptors (Lipinski definition) is 1. The molecule has 0 aromatic heterocycles. The predicted octanol–water partition coefficient (Wildman–Crippen LogP) is 5.59. The molecule has 1 saturated carbocycles. The molecule has 0 saturated heterocycles. The van der Waals surface area contributed by atoms with Crippen molar-refractivity contribution in [1.29, 1.82) is 0 Å². The van der Waals surface area contributed by atoms with E-state index in [4.69, 9.17) is 0 Å². The van der Waals surface area contributed by atoms with Gasteiger partial charge in [0.05, 0.1) is 0 Å². The van der Waals surface area contributed by atoms with Crippen LogP contribution in [-0.2, 0) is 0 Å². The molecule has 1 aliphatic carbocycles. The zero-order chi connectivity index (χ0) is 13.0. The van der Waals surface area contributed by atoms with Crippen LogP contribution in [0.3, 0.4) is 0 Å². The predicted molar refractivity (Wildman–Crippen MR) is 84.9 cm³/mol. The van der Waals surface area contributed by atoms with Crippen LogP contribution in [0.25, 0.3) is 0 Å². The normalized spacial score (nSPS) is 19.5. The molecule has 1 atom stereocenters. The third-order valence-corrected chi connectivity index (χ3v) is 4.95. The van der Waals surface area contributed by atoms with Crippen molar-refractivity contribution in [3.63, 3.8) is 0 Å². The molecule has 1 N–H and O–H groups in total. The standard InChI is InChI=1S/C15H21Br2N/c1-11(14-9-8-12(16)10-15(14)17)18-13-6-4-2-3-5-7-13/h8-11,13,18H,2-7H2,1H3. The van der Waals surface area contributed by atoms with E-state index in [9.17, 15) is 0 Å². The average Bonchev–Trinajstić information content (AvgIpc) is 2.57. The van der Waals surface area contributed by atoms with Crippen LogP contribution in [0.1, 0.15) is 57.1 Å². The highest BCUT2D eigenvalue weighted by atomic mass is 79.9. The second kappa shape index (κ2) is 7.06. The Labute approximate surface area is 127 Å². The van der Waals surface area contributed by atoms with Gasteiger partial charge in [-0.2, -0.15) is 0 Å². The van der Waals surface area contributed by atoms with Gasteiger partial charge in [-0.25, -0.2) is 0 Å². The Kier molecular flexibility index (Phi) is 5.71. The molecule has 0 amide bonds. The first-order chi connectivity index (χ1) is 8.66. The summed E-state index contributed by atoms with van der Waals surface area (Å²) < 4.78 is 2.31. The van der Waals surface area contributed by atoms with Crippen molar-refractivity contribution in [2.75, 3.05) is 0 Å². The topological polar surface area (TPSA) is 12.0 Å². The molecule has 2 rings (SSSR count). The monoisotopic (exact) mass is 373 g/mol. The van der Waals surface area contributed by atoms with Gasteiger partial charge in [0.25, 0.3) is 0 Å². The Morgan fingerprint density at radius 1 is 1.11 bits per heavy atom. The Balaban J connectivity index is 1.99. The highest BCUT2D eigenvalue weighted by Gasteiger charge is 2.16. The smallest absolute Gasteiger partial charge is 0.0305 e. The molecule has 0 heterocycles. The van der Waals surface area contributed by atoms with Gasteiger partial charge in [-0.1, -0.05) is 63.6 Å². The molecule has 0 bridgehead atoms. The molecule has 1 nitrogen and oxygen atoms in total. The van der Waals surface area contributed by atoms with Crippen molar-refractivity contribution in [2.45, 2.75) is 57.5 Å². The van der Waals surface area contributed by atoms with Gasteiger partial charge < -0.3 is 5.32 Å². The molecule has 1 aliphatic rings. The summed E-state index contributed by atoms with van der Waals surface area (Å²) in [6.45, 7) is 2.26. The number of hydrogen-bond donors (Lipinski definition) is 1. The first-order valence-electron chi connectivity index (χ1n) is 6.88. The van der Waals surface area contributed by atoms with Crippen molar-refractivity contribution >= 4 is 31.9 Å². The van der Waals surface area contributed by atoms with E-state index < -0.39 is 0 Å². The molecule has 1 fully saturated rings. The van der Waals surface area contributed by atoms with Gasteiger partial charge in [0.2, 0.25) is 0 Å². The maximum atomic E-state index is 3.79. The van der Waals surface area contributed by atoms with Crippen molar-refractivity contribution in [2.24, 2.45) is 0 Å². The molecule has 1 unspecified atom stereocenters. The van der Waals surface area contributed by atoms with Gasteiger partial charge >= 0.3 is 0 Å². The summed E-state index contributed by atoms with van der Waals surface area (Å²) in [5, 5.41) is 3.79. The van der Waals surface area contributed by atoms with E-state index in [0.717, 1.165) is 4.47 Å². The second-order valence-corrected chi connectivity index (χ2v) is 7.01. The Morgan fingerprint density at radius 2 is 1.78 bits per heavy atom. The summed E-state index contributed by atoms with van der Waals surface area (Å²) in [6, 6.07) is 7.54. The summed E-state index contributed by atoms with van der Waals surface area (Å²) in [6.07, 6.45) is 8.25. The van der Waals surface area contributed by atoms with Crippen LogP contribution in [0.15, 0.2) is 27.1 Å². The molecule has 0 spiro atoms. The van der Waals surface area contributed by atoms with Gasteiger partial charge in [0, 0.05) is 21.0 Å². The van der Waals surface area contributed by atoms with Gasteiger partial charge in [0.15, 0.2) is 0 Å². The lowest BCUT2D eigenvalue weighted by molar-refractivity contribution is 0.413. The molecular weight excluding hydrogens is 354 g/mol. The van der Waals surface area contributed by atoms with Crippen LogP contribution >= 0.6 is 31.9 Å². The molecule has 1 aromatic carbocycles. The average molecular weight is 375 g/mol. The van der Waals surface area contributed by atoms with E-state index in [2.05, 4.69) is 62.3 Å². The fraction of sp³-hybridized carbons (Fsp3) is 0.600. The second-order valence-electron chi connectivity index (χ2n) is 5.24. The number of rotatable bonds is 3. The van der Waals surface area contributed by atoms with Crippen molar-refractivity contribution in [3.8, 4) is 0 Å². The lowest BCUT2D eigenvalue weighted by atomic mass is 10.0. The molecule has 1 aromatic rings. The van der Waals surface area contributed by atoms with E-state index in [1.165, 1.54) is 48.6 Å². The summed E-state index contributed by atoms with van der Waals surface area (Å²) in [4.78, 5) is 0. The molecule has 0 radical (unpaired) electrons. The summed E-state index contributed by atoms with van der Waals surface area (Å²) in [7, 11) is 0. The highest BCUT2D eigenvalue weighted by molar-refractivity contribution is 9.11. The number of benzene rings is 1. The van der Waals surface area contributed by atoms with Gasteiger partial charge in [-0.3, -0.25) is 0 Å². The van der Waals surface area contributed by atoms with Crippen LogP contribution in [0.2, 0.25) is 0 Å². The van der Waals surface area contributed by atoms with Crippen molar-refractivity contribution in [3.05, 3.63) is 32.7 Å². The molecule has 100 valence electrons. The first kappa shape index (κ1) is 14.5. The highest BCUT2D eigenvalue weighted by Crippen LogP contribution is 2.28. The van der Waals surface area contributed by atoms with Crippen LogP contribution in [0.4, 0.5) is 0 Å². The van der Waals surface area contributed by atoms with Crippen LogP contribution in [0, 0.1) is 0 Å². The van der Waals surface area contributed by atoms with E-state index >= 15 is 0 Å². The van der Waals surface area contributed by atoms with Crippen LogP contribution in [-0.4, -0.2) is 6.04 Å². The van der Waals surface area contributed by atoms with Gasteiger partial charge in [-0.05, 0) is 37.5 Å². The van der Waals surface area contributed by atoms with Gasteiger partial charge in [0.1, 0.15) is 0 Å². The van der Waals surface area contributed by atoms with E-state index in [0.29, 0.717) is 12.1 Å². The largest absolute Gasteiger partial charge is 0.307 e. The summed E-state index contributed by atoms with van der Waals surface area (Å²) >= 11 is 7.16. The Morgan fingerprint density at radius 3 is 2.39 bits per heavy atom. The fourth-order valence-corrected chi connectivity index (χ4v) is 4.13. The first-order valence-corrected chi connectivity index (χ1v) is 8.46. The third-order valence-electron chi connectivity index (χ3n) is 3.77. The Bertz CT molecular complexity index is 384. The molecular formula is C15H21Br2N. The summed E-state index contributed by atoms with van der Waals surface area (Å²) in [5.74, 6) is 0. The van der Waals surface area contributed by atoms with Crippen LogP contribution in [0.5, 0.6) is 0 Å². The molecule has 0 aliphatic heterocycles. The zero-order valence-electron chi connectivity index (χ0n) is 10.9. The fourth-order valence-electron chi connectivity index (χ4n) is 2.74. The molecule has 18 heavy (non-hydrogen) atoms. The number of nitrogens with one attached hydrogen (secondary N) is 1. The SMILES string of the molecule is CC(NC1CCCCCC1)c1ccc(Br)cc1Br. The minimum Gasteiger partial charge on any atom is -0.307 e. The van der Waals surface area contributed by atoms with Crippen molar-refractivity contribution in [1.82, 2.24) is 5.32 Å². The Hall–Kier alpha value is 0.140. The third kappa shape index (κ3) is 4.07.